The molecule has 0 bridgehead atoms. The van der Waals surface area contributed by atoms with Crippen LogP contribution in [0, 0.1) is 13.8 Å². The number of aromatic nitrogens is 1. The van der Waals surface area contributed by atoms with Gasteiger partial charge in [-0.25, -0.2) is 4.99 Å². The normalized spacial score (nSPS) is 13.3. The van der Waals surface area contributed by atoms with Gasteiger partial charge in [-0.05, 0) is 62.6 Å². The first kappa shape index (κ1) is 22.8. The van der Waals surface area contributed by atoms with E-state index in [1.807, 2.05) is 32.0 Å². The second-order valence-corrected chi connectivity index (χ2v) is 8.75. The number of fused-ring (bicyclic) bond motifs is 1. The lowest BCUT2D eigenvalue weighted by Gasteiger charge is -2.19. The summed E-state index contributed by atoms with van der Waals surface area (Å²) in [6.07, 6.45) is 0.973. The van der Waals surface area contributed by atoms with Crippen LogP contribution in [-0.2, 0) is 20.9 Å². The predicted octanol–water partition coefficient (Wildman–Crippen LogP) is 4.74. The van der Waals surface area contributed by atoms with E-state index >= 15 is 0 Å². The summed E-state index contributed by atoms with van der Waals surface area (Å²) >= 11 is 1.55. The Morgan fingerprint density at radius 1 is 1.24 bits per heavy atom. The van der Waals surface area contributed by atoms with Gasteiger partial charge in [0.15, 0.2) is 11.4 Å². The number of nitrogens with one attached hydrogen (secondary N) is 1. The highest BCUT2D eigenvalue weighted by Gasteiger charge is 2.18. The Labute approximate surface area is 196 Å². The molecule has 4 rings (SSSR count). The summed E-state index contributed by atoms with van der Waals surface area (Å²) in [4.78, 5) is 29.4. The molecule has 0 unspecified atom stereocenters. The van der Waals surface area contributed by atoms with Crippen molar-refractivity contribution in [1.29, 1.82) is 0 Å². The van der Waals surface area contributed by atoms with Crippen LogP contribution in [0.1, 0.15) is 30.9 Å². The smallest absolute Gasteiger partial charge is 0.305 e. The fourth-order valence-electron chi connectivity index (χ4n) is 3.67. The second-order valence-electron chi connectivity index (χ2n) is 7.91. The number of esters is 1. The highest BCUT2D eigenvalue weighted by molar-refractivity contribution is 7.07. The zero-order valence-corrected chi connectivity index (χ0v) is 19.8. The number of ether oxygens (including phenoxy) is 2. The molecule has 0 saturated carbocycles. The minimum Gasteiger partial charge on any atom is -0.482 e. The molecule has 1 N–H and O–H groups in total. The highest BCUT2D eigenvalue weighted by atomic mass is 32.1. The molecule has 1 amide bonds. The third-order valence-corrected chi connectivity index (χ3v) is 6.22. The molecule has 33 heavy (non-hydrogen) atoms. The number of rotatable bonds is 7. The van der Waals surface area contributed by atoms with Gasteiger partial charge < -0.3 is 19.4 Å². The van der Waals surface area contributed by atoms with Gasteiger partial charge in [0.25, 0.3) is 5.91 Å². The maximum absolute atomic E-state index is 11.9. The van der Waals surface area contributed by atoms with E-state index in [1.165, 1.54) is 0 Å². The number of carbonyl (C=O) groups is 2. The molecule has 172 valence electrons. The van der Waals surface area contributed by atoms with Crippen LogP contribution < -0.4 is 14.9 Å². The van der Waals surface area contributed by atoms with Crippen LogP contribution in [0.3, 0.4) is 0 Å². The molecule has 1 aromatic heterocycles. The highest BCUT2D eigenvalue weighted by Crippen LogP contribution is 2.33. The van der Waals surface area contributed by atoms with Crippen molar-refractivity contribution in [2.24, 2.45) is 4.99 Å². The first-order valence-corrected chi connectivity index (χ1v) is 11.9. The van der Waals surface area contributed by atoms with Crippen LogP contribution in [-0.4, -0.2) is 29.7 Å². The van der Waals surface area contributed by atoms with Gasteiger partial charge >= 0.3 is 5.97 Å². The average molecular weight is 466 g/mol. The van der Waals surface area contributed by atoms with Crippen LogP contribution in [0.4, 0.5) is 11.4 Å². The zero-order chi connectivity index (χ0) is 23.4. The summed E-state index contributed by atoms with van der Waals surface area (Å²) in [5.41, 5.74) is 5.73. The van der Waals surface area contributed by atoms with Crippen LogP contribution in [0.5, 0.6) is 5.75 Å². The van der Waals surface area contributed by atoms with Gasteiger partial charge in [-0.3, -0.25) is 9.59 Å². The minimum absolute atomic E-state index is 0.0253. The number of carbonyl (C=O) groups excluding carboxylic acids is 2. The van der Waals surface area contributed by atoms with E-state index in [1.54, 1.807) is 11.3 Å². The fraction of sp³-hybridized carbons (Fsp3) is 0.320. The molecule has 0 fully saturated rings. The zero-order valence-electron chi connectivity index (χ0n) is 19.0. The van der Waals surface area contributed by atoms with Crippen LogP contribution in [0.15, 0.2) is 46.8 Å². The Bertz CT molecular complexity index is 1260. The van der Waals surface area contributed by atoms with Crippen LogP contribution in [0.2, 0.25) is 0 Å². The Hall–Kier alpha value is -3.39. The average Bonchev–Trinajstić information content (AvgIpc) is 3.18. The van der Waals surface area contributed by atoms with Crippen molar-refractivity contribution in [3.05, 3.63) is 57.7 Å². The van der Waals surface area contributed by atoms with Crippen molar-refractivity contribution in [3.63, 3.8) is 0 Å². The van der Waals surface area contributed by atoms with Crippen molar-refractivity contribution in [1.82, 2.24) is 4.57 Å². The van der Waals surface area contributed by atoms with Gasteiger partial charge in [0, 0.05) is 23.9 Å². The maximum atomic E-state index is 11.9. The monoisotopic (exact) mass is 465 g/mol. The number of anilines is 1. The quantitative estimate of drug-likeness (QED) is 0.511. The van der Waals surface area contributed by atoms with E-state index in [9.17, 15) is 9.59 Å². The molecule has 1 aliphatic rings. The number of aryl methyl sites for hydroxylation is 2. The molecule has 0 atom stereocenters. The first-order chi connectivity index (χ1) is 15.9. The van der Waals surface area contributed by atoms with Crippen molar-refractivity contribution in [2.45, 2.75) is 40.2 Å². The number of hydrogen-bond donors (Lipinski definition) is 1. The molecule has 0 spiro atoms. The van der Waals surface area contributed by atoms with E-state index in [0.29, 0.717) is 37.4 Å². The van der Waals surface area contributed by atoms with Crippen molar-refractivity contribution < 1.29 is 19.1 Å². The summed E-state index contributed by atoms with van der Waals surface area (Å²) in [6.45, 7) is 6.92. The number of nitrogens with zero attached hydrogens (tertiary/aromatic N) is 2. The fourth-order valence-corrected chi connectivity index (χ4v) is 4.61. The van der Waals surface area contributed by atoms with Crippen molar-refractivity contribution >= 4 is 34.6 Å². The molecule has 0 aliphatic carbocycles. The largest absolute Gasteiger partial charge is 0.482 e. The van der Waals surface area contributed by atoms with Gasteiger partial charge in [0.1, 0.15) is 5.75 Å². The van der Waals surface area contributed by atoms with Gasteiger partial charge in [0.05, 0.1) is 23.7 Å². The summed E-state index contributed by atoms with van der Waals surface area (Å²) in [5.74, 6) is 0.289. The lowest BCUT2D eigenvalue weighted by atomic mass is 10.1. The van der Waals surface area contributed by atoms with E-state index < -0.39 is 0 Å². The molecule has 0 saturated heterocycles. The summed E-state index contributed by atoms with van der Waals surface area (Å²) in [6, 6.07) is 12.0. The van der Waals surface area contributed by atoms with E-state index in [2.05, 4.69) is 40.4 Å². The molecule has 8 heteroatoms. The lowest BCUT2D eigenvalue weighted by Crippen LogP contribution is -2.25. The summed E-state index contributed by atoms with van der Waals surface area (Å²) in [7, 11) is 0. The Morgan fingerprint density at radius 3 is 2.91 bits per heavy atom. The standard InChI is InChI=1S/C25H27N3O4S/c1-4-31-24(30)6-5-11-28-21(18-9-10-22-20(13-18)26-23(29)14-32-22)15-33-25(28)27-19-12-16(2)7-8-17(19)3/h7-10,12-13,15H,4-6,11,14H2,1-3H3,(H,26,29). The Balaban J connectivity index is 1.73. The third-order valence-electron chi connectivity index (χ3n) is 5.35. The maximum Gasteiger partial charge on any atom is 0.305 e. The topological polar surface area (TPSA) is 81.9 Å². The van der Waals surface area contributed by atoms with E-state index in [0.717, 1.165) is 32.9 Å². The number of thiazole rings is 1. The molecule has 2 aromatic carbocycles. The summed E-state index contributed by atoms with van der Waals surface area (Å²) in [5, 5.41) is 4.92. The number of hydrogen-bond acceptors (Lipinski definition) is 6. The lowest BCUT2D eigenvalue weighted by molar-refractivity contribution is -0.143. The number of benzene rings is 2. The van der Waals surface area contributed by atoms with E-state index in [4.69, 9.17) is 14.5 Å². The molecular weight excluding hydrogens is 438 g/mol. The van der Waals surface area contributed by atoms with E-state index in [-0.39, 0.29) is 18.5 Å². The molecule has 2 heterocycles. The molecule has 1 aliphatic heterocycles. The van der Waals surface area contributed by atoms with Gasteiger partial charge in [-0.1, -0.05) is 12.1 Å². The van der Waals surface area contributed by atoms with Gasteiger partial charge in [-0.15, -0.1) is 11.3 Å². The second kappa shape index (κ2) is 10.0. The molecule has 7 nitrogen and oxygen atoms in total. The minimum atomic E-state index is -0.198. The Morgan fingerprint density at radius 2 is 2.09 bits per heavy atom. The third kappa shape index (κ3) is 5.34. The van der Waals surface area contributed by atoms with Crippen LogP contribution >= 0.6 is 11.3 Å². The van der Waals surface area contributed by atoms with Gasteiger partial charge in [-0.2, -0.15) is 0 Å². The molecular formula is C25H27N3O4S. The van der Waals surface area contributed by atoms with Crippen LogP contribution in [0.25, 0.3) is 11.3 Å². The van der Waals surface area contributed by atoms with Gasteiger partial charge in [0.2, 0.25) is 0 Å². The predicted molar refractivity (Wildman–Crippen MR) is 129 cm³/mol. The molecule has 3 aromatic rings. The molecule has 0 radical (unpaired) electrons. The number of amides is 1. The Kier molecular flexibility index (Phi) is 6.93. The van der Waals surface area contributed by atoms with Crippen molar-refractivity contribution in [3.8, 4) is 17.0 Å². The van der Waals surface area contributed by atoms with Crippen molar-refractivity contribution in [2.75, 3.05) is 18.5 Å². The summed E-state index contributed by atoms with van der Waals surface area (Å²) < 4.78 is 12.7. The first-order valence-electron chi connectivity index (χ1n) is 11.0. The SMILES string of the molecule is CCOC(=O)CCCn1c(-c2ccc3c(c2)NC(=O)CO3)csc1=Nc1cc(C)ccc1C.